The largest absolute Gasteiger partial charge is 0.445 e. The second kappa shape index (κ2) is 5.21. The van der Waals surface area contributed by atoms with E-state index in [4.69, 9.17) is 4.74 Å². The van der Waals surface area contributed by atoms with E-state index < -0.39 is 0 Å². The molecule has 1 aromatic rings. The molecule has 1 saturated heterocycles. The summed E-state index contributed by atoms with van der Waals surface area (Å²) in [5.74, 6) is 0.915. The first-order chi connectivity index (χ1) is 9.22. The van der Waals surface area contributed by atoms with E-state index in [0.29, 0.717) is 18.4 Å². The van der Waals surface area contributed by atoms with Crippen molar-refractivity contribution in [3.63, 3.8) is 0 Å². The van der Waals surface area contributed by atoms with Gasteiger partial charge in [-0.3, -0.25) is 0 Å². The first kappa shape index (κ1) is 12.5. The molecular formula is C15H19NO3. The lowest BCUT2D eigenvalue weighted by Crippen LogP contribution is -2.30. The van der Waals surface area contributed by atoms with E-state index >= 15 is 0 Å². The highest BCUT2D eigenvalue weighted by Gasteiger charge is 2.42. The van der Waals surface area contributed by atoms with Gasteiger partial charge >= 0.3 is 6.09 Å². The Labute approximate surface area is 113 Å². The molecule has 102 valence electrons. The molecule has 2 aliphatic rings. The van der Waals surface area contributed by atoms with E-state index in [1.54, 1.807) is 4.90 Å². The second-order valence-electron chi connectivity index (χ2n) is 5.59. The summed E-state index contributed by atoms with van der Waals surface area (Å²) >= 11 is 0. The van der Waals surface area contributed by atoms with Gasteiger partial charge in [0.1, 0.15) is 6.61 Å². The Morgan fingerprint density at radius 3 is 2.47 bits per heavy atom. The maximum atomic E-state index is 12.0. The van der Waals surface area contributed by atoms with Crippen molar-refractivity contribution in [2.75, 3.05) is 13.1 Å². The molecule has 1 N–H and O–H groups in total. The van der Waals surface area contributed by atoms with Crippen LogP contribution < -0.4 is 0 Å². The smallest absolute Gasteiger partial charge is 0.410 e. The van der Waals surface area contributed by atoms with Crippen LogP contribution in [-0.4, -0.2) is 35.3 Å². The number of benzene rings is 1. The van der Waals surface area contributed by atoms with E-state index in [1.807, 2.05) is 30.3 Å². The predicted molar refractivity (Wildman–Crippen MR) is 70.4 cm³/mol. The summed E-state index contributed by atoms with van der Waals surface area (Å²) < 4.78 is 5.33. The summed E-state index contributed by atoms with van der Waals surface area (Å²) in [6.07, 6.45) is 1.26. The molecule has 4 heteroatoms. The van der Waals surface area contributed by atoms with Gasteiger partial charge in [0, 0.05) is 13.1 Å². The van der Waals surface area contributed by atoms with Gasteiger partial charge in [-0.15, -0.1) is 0 Å². The fourth-order valence-electron chi connectivity index (χ4n) is 3.23. The minimum absolute atomic E-state index is 0.169. The van der Waals surface area contributed by atoms with Crippen molar-refractivity contribution in [2.45, 2.75) is 25.6 Å². The summed E-state index contributed by atoms with van der Waals surface area (Å²) in [5, 5.41) is 9.58. The van der Waals surface area contributed by atoms with Crippen LogP contribution in [0, 0.1) is 11.8 Å². The average Bonchev–Trinajstić information content (AvgIpc) is 2.94. The molecule has 2 fully saturated rings. The van der Waals surface area contributed by atoms with E-state index in [2.05, 4.69) is 0 Å². The zero-order chi connectivity index (χ0) is 13.2. The quantitative estimate of drug-likeness (QED) is 0.886. The van der Waals surface area contributed by atoms with Gasteiger partial charge in [-0.2, -0.15) is 0 Å². The number of fused-ring (bicyclic) bond motifs is 1. The summed E-state index contributed by atoms with van der Waals surface area (Å²) in [5.41, 5.74) is 1.01. The van der Waals surface area contributed by atoms with Gasteiger partial charge < -0.3 is 14.7 Å². The molecule has 3 atom stereocenters. The van der Waals surface area contributed by atoms with Crippen LogP contribution in [0.25, 0.3) is 0 Å². The summed E-state index contributed by atoms with van der Waals surface area (Å²) in [4.78, 5) is 13.8. The molecule has 1 aromatic carbocycles. The van der Waals surface area contributed by atoms with Crippen molar-refractivity contribution in [3.8, 4) is 0 Å². The van der Waals surface area contributed by atoms with Crippen LogP contribution in [0.15, 0.2) is 30.3 Å². The highest BCUT2D eigenvalue weighted by atomic mass is 16.6. The highest BCUT2D eigenvalue weighted by molar-refractivity contribution is 5.68. The maximum Gasteiger partial charge on any atom is 0.410 e. The van der Waals surface area contributed by atoms with Gasteiger partial charge in [-0.25, -0.2) is 4.79 Å². The van der Waals surface area contributed by atoms with Crippen molar-refractivity contribution in [1.82, 2.24) is 4.90 Å². The van der Waals surface area contributed by atoms with Crippen molar-refractivity contribution >= 4 is 6.09 Å². The molecule has 1 heterocycles. The molecule has 3 rings (SSSR count). The monoisotopic (exact) mass is 261 g/mol. The number of hydrogen-bond acceptors (Lipinski definition) is 3. The van der Waals surface area contributed by atoms with Crippen LogP contribution in [0.3, 0.4) is 0 Å². The van der Waals surface area contributed by atoms with Crippen molar-refractivity contribution in [1.29, 1.82) is 0 Å². The lowest BCUT2D eigenvalue weighted by Gasteiger charge is -2.17. The minimum Gasteiger partial charge on any atom is -0.445 e. The van der Waals surface area contributed by atoms with Gasteiger partial charge in [-0.05, 0) is 30.2 Å². The van der Waals surface area contributed by atoms with E-state index in [0.717, 1.165) is 31.5 Å². The van der Waals surface area contributed by atoms with Crippen LogP contribution in [-0.2, 0) is 11.3 Å². The molecule has 1 aliphatic carbocycles. The van der Waals surface area contributed by atoms with E-state index in [9.17, 15) is 9.90 Å². The topological polar surface area (TPSA) is 49.8 Å². The van der Waals surface area contributed by atoms with Crippen LogP contribution >= 0.6 is 0 Å². The average molecular weight is 261 g/mol. The highest BCUT2D eigenvalue weighted by Crippen LogP contribution is 2.38. The second-order valence-corrected chi connectivity index (χ2v) is 5.59. The first-order valence-corrected chi connectivity index (χ1v) is 6.86. The van der Waals surface area contributed by atoms with Crippen LogP contribution in [0.1, 0.15) is 18.4 Å². The summed E-state index contributed by atoms with van der Waals surface area (Å²) in [7, 11) is 0. The molecule has 4 nitrogen and oxygen atoms in total. The maximum absolute atomic E-state index is 12.0. The molecule has 0 aromatic heterocycles. The Hall–Kier alpha value is -1.55. The zero-order valence-corrected chi connectivity index (χ0v) is 10.9. The molecule has 1 aliphatic heterocycles. The molecule has 0 spiro atoms. The van der Waals surface area contributed by atoms with Gasteiger partial charge in [0.05, 0.1) is 6.10 Å². The molecule has 1 amide bonds. The van der Waals surface area contributed by atoms with Crippen molar-refractivity contribution in [3.05, 3.63) is 35.9 Å². The fourth-order valence-corrected chi connectivity index (χ4v) is 3.23. The van der Waals surface area contributed by atoms with Crippen LogP contribution in [0.4, 0.5) is 4.79 Å². The Morgan fingerprint density at radius 1 is 1.21 bits per heavy atom. The third-order valence-corrected chi connectivity index (χ3v) is 4.19. The third-order valence-electron chi connectivity index (χ3n) is 4.19. The minimum atomic E-state index is -0.229. The van der Waals surface area contributed by atoms with Crippen molar-refractivity contribution in [2.24, 2.45) is 11.8 Å². The number of hydrogen-bond donors (Lipinski definition) is 1. The molecule has 19 heavy (non-hydrogen) atoms. The number of rotatable bonds is 2. The Bertz CT molecular complexity index is 434. The lowest BCUT2D eigenvalue weighted by atomic mass is 10.0. The summed E-state index contributed by atoms with van der Waals surface area (Å²) in [6, 6.07) is 9.71. The predicted octanol–water partition coefficient (Wildman–Crippen LogP) is 2.03. The summed E-state index contributed by atoms with van der Waals surface area (Å²) in [6.45, 7) is 1.79. The zero-order valence-electron chi connectivity index (χ0n) is 10.9. The van der Waals surface area contributed by atoms with E-state index in [1.165, 1.54) is 0 Å². The van der Waals surface area contributed by atoms with Gasteiger partial charge in [0.2, 0.25) is 0 Å². The van der Waals surface area contributed by atoms with Gasteiger partial charge in [0.15, 0.2) is 0 Å². The molecule has 0 unspecified atom stereocenters. The Balaban J connectivity index is 1.50. The number of aliphatic hydroxyl groups is 1. The normalized spacial score (nSPS) is 29.3. The van der Waals surface area contributed by atoms with Crippen LogP contribution in [0.5, 0.6) is 0 Å². The molecule has 1 saturated carbocycles. The molecule has 0 radical (unpaired) electrons. The Morgan fingerprint density at radius 2 is 1.84 bits per heavy atom. The number of carbonyl (C=O) groups is 1. The van der Waals surface area contributed by atoms with Crippen LogP contribution in [0.2, 0.25) is 0 Å². The number of amides is 1. The van der Waals surface area contributed by atoms with Gasteiger partial charge in [-0.1, -0.05) is 30.3 Å². The molecule has 0 bridgehead atoms. The van der Waals surface area contributed by atoms with E-state index in [-0.39, 0.29) is 12.2 Å². The number of ether oxygens (including phenoxy) is 1. The fraction of sp³-hybridized carbons (Fsp3) is 0.533. The number of carbonyl (C=O) groups excluding carboxylic acids is 1. The standard InChI is InChI=1S/C15H19NO3/c17-14-6-12-8-16(9-13(12)7-14)15(18)19-10-11-4-2-1-3-5-11/h1-5,12-14,17H,6-10H2/t12-,13+,14+. The third kappa shape index (κ3) is 2.73. The number of nitrogens with zero attached hydrogens (tertiary/aromatic N) is 1. The van der Waals surface area contributed by atoms with Gasteiger partial charge in [0.25, 0.3) is 0 Å². The Kier molecular flexibility index (Phi) is 3.42. The van der Waals surface area contributed by atoms with Crippen molar-refractivity contribution < 1.29 is 14.6 Å². The lowest BCUT2D eigenvalue weighted by molar-refractivity contribution is 0.0972. The SMILES string of the molecule is O=C(OCc1ccccc1)N1C[C@H]2C[C@H](O)C[C@H]2C1. The number of aliphatic hydroxyl groups excluding tert-OH is 1. The molecular weight excluding hydrogens is 242 g/mol. The number of likely N-dealkylation sites (tertiary alicyclic amines) is 1. The first-order valence-electron chi connectivity index (χ1n) is 6.86.